The third-order valence-corrected chi connectivity index (χ3v) is 4.32. The number of nitrogens with one attached hydrogen (secondary N) is 2. The zero-order valence-corrected chi connectivity index (χ0v) is 13.6. The zero-order valence-electron chi connectivity index (χ0n) is 12.9. The molecule has 23 heavy (non-hydrogen) atoms. The maximum absolute atomic E-state index is 12.6. The summed E-state index contributed by atoms with van der Waals surface area (Å²) in [6, 6.07) is 11.2. The molecule has 1 aromatic carbocycles. The van der Waals surface area contributed by atoms with Gasteiger partial charge in [-0.25, -0.2) is 4.98 Å². The maximum Gasteiger partial charge on any atom is 0.255 e. The third kappa shape index (κ3) is 4.23. The van der Waals surface area contributed by atoms with Crippen LogP contribution in [-0.4, -0.2) is 16.9 Å². The van der Waals surface area contributed by atoms with Crippen LogP contribution in [0.3, 0.4) is 0 Å². The fraction of sp³-hybridized carbons (Fsp3) is 0.333. The van der Waals surface area contributed by atoms with Gasteiger partial charge in [-0.05, 0) is 43.2 Å². The second-order valence-electron chi connectivity index (χ2n) is 5.84. The molecule has 1 aliphatic rings. The van der Waals surface area contributed by atoms with Crippen LogP contribution in [0.1, 0.15) is 42.5 Å². The number of hydrogen-bond donors (Lipinski definition) is 2. The van der Waals surface area contributed by atoms with Gasteiger partial charge in [0.05, 0.1) is 5.56 Å². The van der Waals surface area contributed by atoms with E-state index in [1.807, 2.05) is 18.2 Å². The average molecular weight is 330 g/mol. The normalized spacial score (nSPS) is 15.2. The van der Waals surface area contributed by atoms with Gasteiger partial charge in [0.2, 0.25) is 0 Å². The molecule has 0 aliphatic heterocycles. The topological polar surface area (TPSA) is 54.0 Å². The van der Waals surface area contributed by atoms with E-state index >= 15 is 0 Å². The molecule has 1 aliphatic carbocycles. The molecule has 4 nitrogen and oxygen atoms in total. The molecule has 0 unspecified atom stereocenters. The van der Waals surface area contributed by atoms with E-state index in [9.17, 15) is 4.79 Å². The molecule has 0 saturated heterocycles. The van der Waals surface area contributed by atoms with Gasteiger partial charge in [-0.3, -0.25) is 4.79 Å². The number of rotatable bonds is 4. The van der Waals surface area contributed by atoms with Gasteiger partial charge in [0.1, 0.15) is 5.82 Å². The monoisotopic (exact) mass is 329 g/mol. The molecular formula is C18H20ClN3O. The molecule has 0 atom stereocenters. The number of carbonyl (C=O) groups excluding carboxylic acids is 1. The number of amides is 1. The molecule has 0 spiro atoms. The highest BCUT2D eigenvalue weighted by atomic mass is 35.5. The van der Waals surface area contributed by atoms with Crippen LogP contribution in [0.2, 0.25) is 5.02 Å². The van der Waals surface area contributed by atoms with Crippen LogP contribution >= 0.6 is 11.6 Å². The summed E-state index contributed by atoms with van der Waals surface area (Å²) in [5, 5.41) is 6.94. The molecule has 0 radical (unpaired) electrons. The van der Waals surface area contributed by atoms with Crippen molar-refractivity contribution in [2.75, 3.05) is 5.32 Å². The lowest BCUT2D eigenvalue weighted by Gasteiger charge is -2.23. The van der Waals surface area contributed by atoms with E-state index in [4.69, 9.17) is 11.6 Å². The van der Waals surface area contributed by atoms with Crippen LogP contribution in [0.15, 0.2) is 42.6 Å². The van der Waals surface area contributed by atoms with Crippen molar-refractivity contribution in [1.29, 1.82) is 0 Å². The molecule has 1 amide bonds. The van der Waals surface area contributed by atoms with Crippen LogP contribution in [-0.2, 0) is 0 Å². The summed E-state index contributed by atoms with van der Waals surface area (Å²) in [6.07, 6.45) is 7.43. The fourth-order valence-corrected chi connectivity index (χ4v) is 3.09. The van der Waals surface area contributed by atoms with Gasteiger partial charge >= 0.3 is 0 Å². The van der Waals surface area contributed by atoms with E-state index in [2.05, 4.69) is 15.6 Å². The molecule has 3 rings (SSSR count). The number of aromatic nitrogens is 1. The molecular weight excluding hydrogens is 310 g/mol. The Hall–Kier alpha value is -2.07. The average Bonchev–Trinajstić information content (AvgIpc) is 2.56. The lowest BCUT2D eigenvalue weighted by molar-refractivity contribution is 0.0928. The van der Waals surface area contributed by atoms with Crippen molar-refractivity contribution >= 4 is 29.0 Å². The first kappa shape index (κ1) is 15.8. The Balaban J connectivity index is 1.75. The van der Waals surface area contributed by atoms with Crippen molar-refractivity contribution in [3.63, 3.8) is 0 Å². The van der Waals surface area contributed by atoms with Crippen LogP contribution in [0.5, 0.6) is 0 Å². The molecule has 1 aromatic heterocycles. The van der Waals surface area contributed by atoms with E-state index in [1.54, 1.807) is 24.4 Å². The lowest BCUT2D eigenvalue weighted by Crippen LogP contribution is -2.36. The molecule has 120 valence electrons. The minimum Gasteiger partial charge on any atom is -0.349 e. The lowest BCUT2D eigenvalue weighted by atomic mass is 9.95. The van der Waals surface area contributed by atoms with Gasteiger partial charge in [-0.1, -0.05) is 36.9 Å². The van der Waals surface area contributed by atoms with Gasteiger partial charge in [0.25, 0.3) is 5.91 Å². The van der Waals surface area contributed by atoms with Gasteiger partial charge in [0, 0.05) is 22.9 Å². The number of halogens is 1. The number of nitrogens with zero attached hydrogens (tertiary/aromatic N) is 1. The Morgan fingerprint density at radius 2 is 1.96 bits per heavy atom. The van der Waals surface area contributed by atoms with Gasteiger partial charge < -0.3 is 10.6 Å². The Labute approximate surface area is 141 Å². The number of carbonyl (C=O) groups is 1. The highest BCUT2D eigenvalue weighted by molar-refractivity contribution is 6.30. The van der Waals surface area contributed by atoms with E-state index < -0.39 is 0 Å². The Morgan fingerprint density at radius 1 is 1.13 bits per heavy atom. The predicted octanol–water partition coefficient (Wildman–Crippen LogP) is 4.54. The molecule has 0 bridgehead atoms. The second kappa shape index (κ2) is 7.47. The minimum absolute atomic E-state index is 0.0745. The van der Waals surface area contributed by atoms with Crippen molar-refractivity contribution in [3.8, 4) is 0 Å². The Bertz CT molecular complexity index is 683. The van der Waals surface area contributed by atoms with Gasteiger partial charge in [-0.15, -0.1) is 0 Å². The molecule has 1 heterocycles. The minimum atomic E-state index is -0.0745. The molecule has 5 heteroatoms. The van der Waals surface area contributed by atoms with Crippen molar-refractivity contribution in [1.82, 2.24) is 10.3 Å². The van der Waals surface area contributed by atoms with Crippen LogP contribution in [0, 0.1) is 0 Å². The largest absolute Gasteiger partial charge is 0.349 e. The van der Waals surface area contributed by atoms with Crippen LogP contribution in [0.25, 0.3) is 0 Å². The first-order valence-corrected chi connectivity index (χ1v) is 8.38. The summed E-state index contributed by atoms with van der Waals surface area (Å²) in [4.78, 5) is 16.9. The van der Waals surface area contributed by atoms with Crippen molar-refractivity contribution in [3.05, 3.63) is 53.2 Å². The first-order chi connectivity index (χ1) is 11.2. The standard InChI is InChI=1S/C18H20ClN3O/c19-13-6-4-9-15(12-13)21-17-16(10-5-11-20-17)18(23)22-14-7-2-1-3-8-14/h4-6,9-12,14H,1-3,7-8H2,(H,20,21)(H,22,23). The number of hydrogen-bond acceptors (Lipinski definition) is 3. The van der Waals surface area contributed by atoms with Gasteiger partial charge in [0.15, 0.2) is 0 Å². The highest BCUT2D eigenvalue weighted by Gasteiger charge is 2.19. The van der Waals surface area contributed by atoms with E-state index in [0.717, 1.165) is 18.5 Å². The van der Waals surface area contributed by atoms with Crippen molar-refractivity contribution < 1.29 is 4.79 Å². The summed E-state index contributed by atoms with van der Waals surface area (Å²) < 4.78 is 0. The number of anilines is 2. The Morgan fingerprint density at radius 3 is 2.74 bits per heavy atom. The summed E-state index contributed by atoms with van der Waals surface area (Å²) >= 11 is 6.00. The zero-order chi connectivity index (χ0) is 16.1. The first-order valence-electron chi connectivity index (χ1n) is 8.01. The predicted molar refractivity (Wildman–Crippen MR) is 93.3 cm³/mol. The van der Waals surface area contributed by atoms with E-state index in [1.165, 1.54) is 19.3 Å². The molecule has 2 N–H and O–H groups in total. The summed E-state index contributed by atoms with van der Waals surface area (Å²) in [7, 11) is 0. The third-order valence-electron chi connectivity index (χ3n) is 4.08. The number of pyridine rings is 1. The van der Waals surface area contributed by atoms with Crippen LogP contribution in [0.4, 0.5) is 11.5 Å². The van der Waals surface area contributed by atoms with Gasteiger partial charge in [-0.2, -0.15) is 0 Å². The quantitative estimate of drug-likeness (QED) is 0.865. The summed E-state index contributed by atoms with van der Waals surface area (Å²) in [5.74, 6) is 0.470. The highest BCUT2D eigenvalue weighted by Crippen LogP contribution is 2.22. The molecule has 1 fully saturated rings. The SMILES string of the molecule is O=C(NC1CCCCC1)c1cccnc1Nc1cccc(Cl)c1. The fourth-order valence-electron chi connectivity index (χ4n) is 2.90. The second-order valence-corrected chi connectivity index (χ2v) is 6.28. The van der Waals surface area contributed by atoms with Crippen LogP contribution < -0.4 is 10.6 Å². The summed E-state index contributed by atoms with van der Waals surface area (Å²) in [6.45, 7) is 0. The van der Waals surface area contributed by atoms with E-state index in [-0.39, 0.29) is 11.9 Å². The molecule has 1 saturated carbocycles. The smallest absolute Gasteiger partial charge is 0.255 e. The molecule has 2 aromatic rings. The summed E-state index contributed by atoms with van der Waals surface area (Å²) in [5.41, 5.74) is 1.36. The van der Waals surface area contributed by atoms with Crippen molar-refractivity contribution in [2.24, 2.45) is 0 Å². The van der Waals surface area contributed by atoms with Crippen molar-refractivity contribution in [2.45, 2.75) is 38.1 Å². The number of benzene rings is 1. The maximum atomic E-state index is 12.6. The Kier molecular flexibility index (Phi) is 5.13. The van der Waals surface area contributed by atoms with E-state index in [0.29, 0.717) is 16.4 Å².